The van der Waals surface area contributed by atoms with E-state index in [2.05, 4.69) is 46.2 Å². The molecule has 1 saturated carbocycles. The van der Waals surface area contributed by atoms with Crippen LogP contribution in [0, 0.1) is 6.92 Å². The van der Waals surface area contributed by atoms with Gasteiger partial charge in [0.2, 0.25) is 5.91 Å². The Labute approximate surface area is 164 Å². The average molecular weight is 393 g/mol. The highest BCUT2D eigenvalue weighted by molar-refractivity contribution is 7.99. The van der Waals surface area contributed by atoms with Crippen molar-refractivity contribution in [3.8, 4) is 11.4 Å². The summed E-state index contributed by atoms with van der Waals surface area (Å²) in [6, 6.07) is 0.369. The number of rotatable bonds is 8. The molecule has 0 bridgehead atoms. The van der Waals surface area contributed by atoms with E-state index in [-0.39, 0.29) is 5.91 Å². The van der Waals surface area contributed by atoms with Gasteiger partial charge in [-0.1, -0.05) is 38.5 Å². The van der Waals surface area contributed by atoms with Gasteiger partial charge < -0.3 is 9.88 Å². The zero-order valence-electron chi connectivity index (χ0n) is 15.9. The number of carbonyl (C=O) groups is 1. The van der Waals surface area contributed by atoms with E-state index < -0.39 is 0 Å². The monoisotopic (exact) mass is 392 g/mol. The molecule has 5 nitrogen and oxygen atoms in total. The smallest absolute Gasteiger partial charge is 0.230 e. The van der Waals surface area contributed by atoms with E-state index in [4.69, 9.17) is 0 Å². The summed E-state index contributed by atoms with van der Waals surface area (Å²) in [5.74, 6) is 1.45. The first kappa shape index (κ1) is 19.4. The predicted molar refractivity (Wildman–Crippen MR) is 109 cm³/mol. The molecule has 1 aliphatic rings. The second-order valence-electron chi connectivity index (χ2n) is 6.83. The molecule has 1 amide bonds. The zero-order valence-corrected chi connectivity index (χ0v) is 17.5. The summed E-state index contributed by atoms with van der Waals surface area (Å²) in [4.78, 5) is 13.6. The lowest BCUT2D eigenvalue weighted by atomic mass is 10.1. The quantitative estimate of drug-likeness (QED) is 0.675. The zero-order chi connectivity index (χ0) is 18.5. The van der Waals surface area contributed by atoms with Crippen molar-refractivity contribution >= 4 is 29.0 Å². The van der Waals surface area contributed by atoms with Crippen LogP contribution in [-0.2, 0) is 17.8 Å². The minimum atomic E-state index is 0.107. The van der Waals surface area contributed by atoms with E-state index in [9.17, 15) is 4.79 Å². The van der Waals surface area contributed by atoms with Crippen molar-refractivity contribution in [2.45, 2.75) is 77.0 Å². The summed E-state index contributed by atoms with van der Waals surface area (Å²) in [6.45, 7) is 7.37. The number of nitrogens with zero attached hydrogens (tertiary/aromatic N) is 3. The Morgan fingerprint density at radius 2 is 2.12 bits per heavy atom. The fourth-order valence-electron chi connectivity index (χ4n) is 3.60. The summed E-state index contributed by atoms with van der Waals surface area (Å²) in [5, 5.41) is 15.0. The van der Waals surface area contributed by atoms with Crippen LogP contribution in [0.4, 0.5) is 0 Å². The number of aromatic nitrogens is 3. The van der Waals surface area contributed by atoms with Gasteiger partial charge in [0.25, 0.3) is 0 Å². The van der Waals surface area contributed by atoms with Gasteiger partial charge in [-0.25, -0.2) is 0 Å². The molecule has 2 aromatic heterocycles. The van der Waals surface area contributed by atoms with E-state index in [1.54, 1.807) is 11.3 Å². The molecule has 2 heterocycles. The molecule has 0 unspecified atom stereocenters. The average Bonchev–Trinajstić information content (AvgIpc) is 3.34. The highest BCUT2D eigenvalue weighted by atomic mass is 32.2. The molecule has 3 rings (SSSR count). The maximum Gasteiger partial charge on any atom is 0.230 e. The molecular weight excluding hydrogens is 364 g/mol. The Hall–Kier alpha value is -1.34. The normalized spacial score (nSPS) is 14.9. The SMILES string of the molecule is CCCn1c(SCC(=O)NC2CCCC2)nnc1-c1csc(C)c1CC. The summed E-state index contributed by atoms with van der Waals surface area (Å²) < 4.78 is 2.17. The first-order valence-electron chi connectivity index (χ1n) is 9.56. The van der Waals surface area contributed by atoms with Crippen molar-refractivity contribution in [3.05, 3.63) is 15.8 Å². The van der Waals surface area contributed by atoms with Crippen LogP contribution in [0.5, 0.6) is 0 Å². The summed E-state index contributed by atoms with van der Waals surface area (Å²) in [5.41, 5.74) is 2.55. The highest BCUT2D eigenvalue weighted by Gasteiger charge is 2.20. The lowest BCUT2D eigenvalue weighted by molar-refractivity contribution is -0.119. The molecule has 0 aliphatic heterocycles. The van der Waals surface area contributed by atoms with Crippen LogP contribution in [0.25, 0.3) is 11.4 Å². The molecule has 1 aliphatic carbocycles. The van der Waals surface area contributed by atoms with E-state index >= 15 is 0 Å². The number of thioether (sulfide) groups is 1. The molecule has 0 radical (unpaired) electrons. The Bertz CT molecular complexity index is 747. The standard InChI is InChI=1S/C19H28N4OS2/c1-4-10-23-18(16-11-25-13(3)15(16)5-2)21-22-19(23)26-12-17(24)20-14-8-6-7-9-14/h11,14H,4-10,12H2,1-3H3,(H,20,24). The number of hydrogen-bond donors (Lipinski definition) is 1. The van der Waals surface area contributed by atoms with Gasteiger partial charge in [-0.2, -0.15) is 0 Å². The second kappa shape index (κ2) is 9.04. The van der Waals surface area contributed by atoms with E-state index in [1.165, 1.54) is 40.6 Å². The van der Waals surface area contributed by atoms with E-state index in [1.807, 2.05) is 0 Å². The number of hydrogen-bond acceptors (Lipinski definition) is 5. The Balaban J connectivity index is 1.73. The topological polar surface area (TPSA) is 59.8 Å². The van der Waals surface area contributed by atoms with Gasteiger partial charge in [0.15, 0.2) is 11.0 Å². The Kier molecular flexibility index (Phi) is 6.75. The molecule has 0 aromatic carbocycles. The molecule has 0 spiro atoms. The Morgan fingerprint density at radius 3 is 2.81 bits per heavy atom. The minimum absolute atomic E-state index is 0.107. The van der Waals surface area contributed by atoms with Crippen LogP contribution in [0.1, 0.15) is 56.4 Å². The maximum absolute atomic E-state index is 12.2. The summed E-state index contributed by atoms with van der Waals surface area (Å²) >= 11 is 3.27. The molecule has 0 atom stereocenters. The molecule has 7 heteroatoms. The molecule has 1 N–H and O–H groups in total. The number of carbonyl (C=O) groups excluding carboxylic acids is 1. The van der Waals surface area contributed by atoms with Gasteiger partial charge in [0.05, 0.1) is 5.75 Å². The van der Waals surface area contributed by atoms with Gasteiger partial charge in [-0.05, 0) is 38.2 Å². The van der Waals surface area contributed by atoms with Crippen molar-refractivity contribution in [1.82, 2.24) is 20.1 Å². The first-order valence-corrected chi connectivity index (χ1v) is 11.4. The second-order valence-corrected chi connectivity index (χ2v) is 8.86. The summed E-state index contributed by atoms with van der Waals surface area (Å²) in [6.07, 6.45) is 6.69. The van der Waals surface area contributed by atoms with Gasteiger partial charge in [0, 0.05) is 28.4 Å². The number of nitrogens with one attached hydrogen (secondary N) is 1. The molecule has 0 saturated heterocycles. The number of amides is 1. The van der Waals surface area contributed by atoms with Gasteiger partial charge in [-0.3, -0.25) is 4.79 Å². The van der Waals surface area contributed by atoms with Crippen LogP contribution >= 0.6 is 23.1 Å². The molecule has 142 valence electrons. The molecule has 26 heavy (non-hydrogen) atoms. The van der Waals surface area contributed by atoms with Crippen molar-refractivity contribution in [1.29, 1.82) is 0 Å². The lowest BCUT2D eigenvalue weighted by Gasteiger charge is -2.12. The lowest BCUT2D eigenvalue weighted by Crippen LogP contribution is -2.33. The fraction of sp³-hybridized carbons (Fsp3) is 0.632. The van der Waals surface area contributed by atoms with Crippen molar-refractivity contribution in [2.75, 3.05) is 5.75 Å². The summed E-state index contributed by atoms with van der Waals surface area (Å²) in [7, 11) is 0. The van der Waals surface area contributed by atoms with Crippen molar-refractivity contribution in [2.24, 2.45) is 0 Å². The Morgan fingerprint density at radius 1 is 1.35 bits per heavy atom. The molecule has 1 fully saturated rings. The third-order valence-electron chi connectivity index (χ3n) is 4.91. The van der Waals surface area contributed by atoms with Gasteiger partial charge in [0.1, 0.15) is 0 Å². The van der Waals surface area contributed by atoms with Crippen LogP contribution in [0.15, 0.2) is 10.5 Å². The number of thiophene rings is 1. The van der Waals surface area contributed by atoms with E-state index in [0.29, 0.717) is 11.8 Å². The molecular formula is C19H28N4OS2. The van der Waals surface area contributed by atoms with Gasteiger partial charge >= 0.3 is 0 Å². The van der Waals surface area contributed by atoms with Crippen LogP contribution in [0.3, 0.4) is 0 Å². The molecule has 2 aromatic rings. The maximum atomic E-state index is 12.2. The highest BCUT2D eigenvalue weighted by Crippen LogP contribution is 2.32. The van der Waals surface area contributed by atoms with Crippen molar-refractivity contribution < 1.29 is 4.79 Å². The third kappa shape index (κ3) is 4.31. The minimum Gasteiger partial charge on any atom is -0.353 e. The first-order chi connectivity index (χ1) is 12.6. The predicted octanol–water partition coefficient (Wildman–Crippen LogP) is 4.44. The third-order valence-corrected chi connectivity index (χ3v) is 6.84. The fourth-order valence-corrected chi connectivity index (χ4v) is 5.31. The van der Waals surface area contributed by atoms with Crippen LogP contribution < -0.4 is 5.32 Å². The van der Waals surface area contributed by atoms with Crippen molar-refractivity contribution in [3.63, 3.8) is 0 Å². The van der Waals surface area contributed by atoms with E-state index in [0.717, 1.165) is 43.2 Å². The van der Waals surface area contributed by atoms with Crippen LogP contribution in [0.2, 0.25) is 0 Å². The largest absolute Gasteiger partial charge is 0.353 e. The number of aryl methyl sites for hydroxylation is 1. The van der Waals surface area contributed by atoms with Crippen LogP contribution in [-0.4, -0.2) is 32.5 Å². The van der Waals surface area contributed by atoms with Gasteiger partial charge in [-0.15, -0.1) is 21.5 Å².